The Labute approximate surface area is 121 Å². The van der Waals surface area contributed by atoms with Crippen LogP contribution in [-0.2, 0) is 4.79 Å². The zero-order valence-electron chi connectivity index (χ0n) is 11.8. The Morgan fingerprint density at radius 2 is 2.24 bits per heavy atom. The lowest BCUT2D eigenvalue weighted by atomic mass is 10.2. The third-order valence-electron chi connectivity index (χ3n) is 3.35. The van der Waals surface area contributed by atoms with Crippen LogP contribution in [0.15, 0.2) is 12.4 Å². The summed E-state index contributed by atoms with van der Waals surface area (Å²) < 4.78 is 13.4. The number of carbonyl (C=O) groups is 2. The van der Waals surface area contributed by atoms with E-state index in [0.29, 0.717) is 0 Å². The molecule has 0 bridgehead atoms. The Hall–Kier alpha value is -2.09. The summed E-state index contributed by atoms with van der Waals surface area (Å²) >= 11 is 0. The van der Waals surface area contributed by atoms with E-state index in [9.17, 15) is 14.0 Å². The fourth-order valence-electron chi connectivity index (χ4n) is 2.34. The van der Waals surface area contributed by atoms with Crippen LogP contribution in [0.1, 0.15) is 22.6 Å². The van der Waals surface area contributed by atoms with Crippen LogP contribution in [-0.4, -0.2) is 58.5 Å². The number of aryl methyl sites for hydroxylation is 1. The number of alkyl halides is 1. The van der Waals surface area contributed by atoms with Gasteiger partial charge < -0.3 is 11.1 Å². The van der Waals surface area contributed by atoms with E-state index in [2.05, 4.69) is 15.3 Å². The summed E-state index contributed by atoms with van der Waals surface area (Å²) in [4.78, 5) is 32.5. The Balaban J connectivity index is 1.90. The molecule has 8 heteroatoms. The second kappa shape index (κ2) is 6.57. The Kier molecular flexibility index (Phi) is 4.79. The molecule has 21 heavy (non-hydrogen) atoms. The molecule has 2 heterocycles. The lowest BCUT2D eigenvalue weighted by Crippen LogP contribution is -2.43. The number of aromatic nitrogens is 2. The molecule has 0 radical (unpaired) electrons. The summed E-state index contributed by atoms with van der Waals surface area (Å²) in [6.07, 6.45) is 2.15. The van der Waals surface area contributed by atoms with Gasteiger partial charge in [-0.2, -0.15) is 0 Å². The van der Waals surface area contributed by atoms with Gasteiger partial charge in [0.2, 0.25) is 5.91 Å². The molecule has 2 amide bonds. The SMILES string of the molecule is Cc1cnc(C(=O)NC[C@@H]2C[C@H](F)CN2CC(N)=O)cn1. The van der Waals surface area contributed by atoms with Crippen molar-refractivity contribution >= 4 is 11.8 Å². The van der Waals surface area contributed by atoms with Crippen LogP contribution in [0.4, 0.5) is 4.39 Å². The van der Waals surface area contributed by atoms with Crippen molar-refractivity contribution < 1.29 is 14.0 Å². The van der Waals surface area contributed by atoms with Crippen LogP contribution in [0, 0.1) is 6.92 Å². The Bertz CT molecular complexity index is 522. The molecule has 0 spiro atoms. The number of halogens is 1. The molecule has 0 unspecified atom stereocenters. The number of hydrogen-bond donors (Lipinski definition) is 2. The lowest BCUT2D eigenvalue weighted by molar-refractivity contribution is -0.119. The molecule has 1 aromatic rings. The minimum absolute atomic E-state index is 0.00864. The predicted octanol–water partition coefficient (Wildman–Crippen LogP) is -0.587. The minimum atomic E-state index is -1.01. The maximum Gasteiger partial charge on any atom is 0.271 e. The molecule has 1 aromatic heterocycles. The minimum Gasteiger partial charge on any atom is -0.369 e. The second-order valence-corrected chi connectivity index (χ2v) is 5.14. The number of nitrogens with one attached hydrogen (secondary N) is 1. The fourth-order valence-corrected chi connectivity index (χ4v) is 2.34. The molecule has 1 aliphatic rings. The number of nitrogens with two attached hydrogens (primary N) is 1. The van der Waals surface area contributed by atoms with E-state index >= 15 is 0 Å². The summed E-state index contributed by atoms with van der Waals surface area (Å²) in [5.41, 5.74) is 6.06. The summed E-state index contributed by atoms with van der Waals surface area (Å²) in [6.45, 7) is 2.16. The van der Waals surface area contributed by atoms with E-state index in [1.807, 2.05) is 0 Å². The van der Waals surface area contributed by atoms with E-state index in [0.717, 1.165) is 5.69 Å². The Morgan fingerprint density at radius 1 is 1.48 bits per heavy atom. The first-order chi connectivity index (χ1) is 9.95. The topological polar surface area (TPSA) is 101 Å². The fraction of sp³-hybridized carbons (Fsp3) is 0.538. The summed E-state index contributed by atoms with van der Waals surface area (Å²) in [5, 5.41) is 2.68. The average molecular weight is 295 g/mol. The number of rotatable bonds is 5. The van der Waals surface area contributed by atoms with Crippen molar-refractivity contribution in [2.75, 3.05) is 19.6 Å². The number of carbonyl (C=O) groups excluding carboxylic acids is 2. The molecule has 7 nitrogen and oxygen atoms in total. The number of amides is 2. The van der Waals surface area contributed by atoms with E-state index in [4.69, 9.17) is 5.73 Å². The molecule has 2 rings (SSSR count). The highest BCUT2D eigenvalue weighted by Crippen LogP contribution is 2.19. The van der Waals surface area contributed by atoms with Gasteiger partial charge in [-0.15, -0.1) is 0 Å². The second-order valence-electron chi connectivity index (χ2n) is 5.14. The number of primary amides is 1. The van der Waals surface area contributed by atoms with Crippen molar-refractivity contribution in [2.24, 2.45) is 5.73 Å². The van der Waals surface area contributed by atoms with E-state index in [1.54, 1.807) is 11.8 Å². The standard InChI is InChI=1S/C13H18FN5O2/c1-8-3-17-11(5-16-8)13(21)18-4-10-2-9(14)6-19(10)7-12(15)20/h3,5,9-10H,2,4,6-7H2,1H3,(H2,15,20)(H,18,21)/t9-,10-/m0/s1. The molecule has 114 valence electrons. The monoisotopic (exact) mass is 295 g/mol. The summed E-state index contributed by atoms with van der Waals surface area (Å²) in [6, 6.07) is -0.241. The van der Waals surface area contributed by atoms with E-state index in [1.165, 1.54) is 12.4 Å². The molecule has 2 atom stereocenters. The van der Waals surface area contributed by atoms with Crippen molar-refractivity contribution in [3.05, 3.63) is 23.8 Å². The molecule has 0 aliphatic carbocycles. The highest BCUT2D eigenvalue weighted by molar-refractivity contribution is 5.91. The van der Waals surface area contributed by atoms with E-state index < -0.39 is 12.1 Å². The molecule has 0 saturated carbocycles. The van der Waals surface area contributed by atoms with Crippen LogP contribution >= 0.6 is 0 Å². The van der Waals surface area contributed by atoms with Gasteiger partial charge >= 0.3 is 0 Å². The van der Waals surface area contributed by atoms with Crippen LogP contribution in [0.3, 0.4) is 0 Å². The van der Waals surface area contributed by atoms with Gasteiger partial charge in [0, 0.05) is 25.3 Å². The molecular formula is C13H18FN5O2. The maximum absolute atomic E-state index is 13.4. The molecule has 0 aromatic carbocycles. The smallest absolute Gasteiger partial charge is 0.271 e. The molecule has 3 N–H and O–H groups in total. The van der Waals surface area contributed by atoms with Gasteiger partial charge in [-0.25, -0.2) is 9.37 Å². The van der Waals surface area contributed by atoms with Crippen LogP contribution < -0.4 is 11.1 Å². The van der Waals surface area contributed by atoms with E-state index in [-0.39, 0.29) is 43.7 Å². The van der Waals surface area contributed by atoms with Crippen molar-refractivity contribution in [3.8, 4) is 0 Å². The summed E-state index contributed by atoms with van der Waals surface area (Å²) in [5.74, 6) is -0.881. The molecule has 1 aliphatic heterocycles. The Morgan fingerprint density at radius 3 is 2.86 bits per heavy atom. The van der Waals surface area contributed by atoms with Crippen molar-refractivity contribution in [1.29, 1.82) is 0 Å². The predicted molar refractivity (Wildman–Crippen MR) is 73.2 cm³/mol. The first-order valence-corrected chi connectivity index (χ1v) is 6.69. The van der Waals surface area contributed by atoms with Gasteiger partial charge in [0.25, 0.3) is 5.91 Å². The first kappa shape index (κ1) is 15.3. The quantitative estimate of drug-likeness (QED) is 0.756. The van der Waals surface area contributed by atoms with Gasteiger partial charge in [0.1, 0.15) is 11.9 Å². The van der Waals surface area contributed by atoms with Gasteiger partial charge in [-0.3, -0.25) is 19.5 Å². The average Bonchev–Trinajstić information content (AvgIpc) is 2.76. The van der Waals surface area contributed by atoms with Crippen LogP contribution in [0.25, 0.3) is 0 Å². The highest BCUT2D eigenvalue weighted by atomic mass is 19.1. The maximum atomic E-state index is 13.4. The molecule has 1 saturated heterocycles. The van der Waals surface area contributed by atoms with Crippen molar-refractivity contribution in [1.82, 2.24) is 20.2 Å². The van der Waals surface area contributed by atoms with Gasteiger partial charge in [-0.05, 0) is 13.3 Å². The lowest BCUT2D eigenvalue weighted by Gasteiger charge is -2.22. The highest BCUT2D eigenvalue weighted by Gasteiger charge is 2.32. The molecule has 1 fully saturated rings. The molecular weight excluding hydrogens is 277 g/mol. The van der Waals surface area contributed by atoms with Gasteiger partial charge in [0.05, 0.1) is 18.4 Å². The zero-order valence-corrected chi connectivity index (χ0v) is 11.8. The van der Waals surface area contributed by atoms with Crippen LogP contribution in [0.5, 0.6) is 0 Å². The van der Waals surface area contributed by atoms with Crippen molar-refractivity contribution in [2.45, 2.75) is 25.6 Å². The van der Waals surface area contributed by atoms with Gasteiger partial charge in [0.15, 0.2) is 0 Å². The van der Waals surface area contributed by atoms with Crippen molar-refractivity contribution in [3.63, 3.8) is 0 Å². The number of likely N-dealkylation sites (tertiary alicyclic amines) is 1. The van der Waals surface area contributed by atoms with Crippen LogP contribution in [0.2, 0.25) is 0 Å². The van der Waals surface area contributed by atoms with Gasteiger partial charge in [-0.1, -0.05) is 0 Å². The third-order valence-corrected chi connectivity index (χ3v) is 3.35. The first-order valence-electron chi connectivity index (χ1n) is 6.69. The number of nitrogens with zero attached hydrogens (tertiary/aromatic N) is 3. The zero-order chi connectivity index (χ0) is 15.4. The largest absolute Gasteiger partial charge is 0.369 e. The third kappa shape index (κ3) is 4.19. The normalized spacial score (nSPS) is 22.2. The number of hydrogen-bond acceptors (Lipinski definition) is 5. The summed E-state index contributed by atoms with van der Waals surface area (Å²) in [7, 11) is 0.